The summed E-state index contributed by atoms with van der Waals surface area (Å²) < 4.78 is 11.1. The van der Waals surface area contributed by atoms with Crippen LogP contribution < -0.4 is 10.6 Å². The summed E-state index contributed by atoms with van der Waals surface area (Å²) in [6.45, 7) is 14.7. The molecule has 0 aromatic carbocycles. The zero-order valence-corrected chi connectivity index (χ0v) is 16.5. The predicted molar refractivity (Wildman–Crippen MR) is 105 cm³/mol. The molecule has 0 rings (SSSR count). The van der Waals surface area contributed by atoms with Gasteiger partial charge in [0, 0.05) is 50.7 Å². The van der Waals surface area contributed by atoms with Gasteiger partial charge in [-0.3, -0.25) is 9.59 Å². The highest BCUT2D eigenvalue weighted by Gasteiger charge is 2.00. The largest absolute Gasteiger partial charge is 0.381 e. The molecule has 0 aliphatic carbocycles. The predicted octanol–water partition coefficient (Wildman–Crippen LogP) is 2.74. The molecule has 0 saturated heterocycles. The first-order valence-electron chi connectivity index (χ1n) is 9.48. The second kappa shape index (κ2) is 16.8. The highest BCUT2D eigenvalue weighted by molar-refractivity contribution is 5.92. The Labute approximate surface area is 158 Å². The molecule has 0 heterocycles. The zero-order chi connectivity index (χ0) is 19.6. The number of ether oxygens (including phenoxy) is 2. The Balaban J connectivity index is 3.16. The maximum atomic E-state index is 11.2. The Kier molecular flexibility index (Phi) is 15.7. The molecule has 0 aromatic heterocycles. The van der Waals surface area contributed by atoms with E-state index in [-0.39, 0.29) is 11.8 Å². The molecule has 0 spiro atoms. The average Bonchev–Trinajstić information content (AvgIpc) is 2.60. The van der Waals surface area contributed by atoms with E-state index < -0.39 is 0 Å². The number of nitrogens with one attached hydrogen (secondary N) is 2. The monoisotopic (exact) mass is 368 g/mol. The van der Waals surface area contributed by atoms with E-state index in [0.717, 1.165) is 51.7 Å². The fourth-order valence-corrected chi connectivity index (χ4v) is 2.02. The number of carbonyl (C=O) groups excluding carboxylic acids is 2. The van der Waals surface area contributed by atoms with E-state index >= 15 is 0 Å². The summed E-state index contributed by atoms with van der Waals surface area (Å²) >= 11 is 0. The van der Waals surface area contributed by atoms with E-state index in [1.54, 1.807) is 13.8 Å². The molecule has 150 valence electrons. The van der Waals surface area contributed by atoms with Gasteiger partial charge in [0.15, 0.2) is 0 Å². The first-order valence-corrected chi connectivity index (χ1v) is 9.48. The maximum Gasteiger partial charge on any atom is 0.246 e. The van der Waals surface area contributed by atoms with Gasteiger partial charge < -0.3 is 20.1 Å². The van der Waals surface area contributed by atoms with E-state index in [0.29, 0.717) is 37.4 Å². The number of hydrogen-bond acceptors (Lipinski definition) is 4. The number of carbonyl (C=O) groups is 2. The Bertz CT molecular complexity index is 396. The van der Waals surface area contributed by atoms with Gasteiger partial charge in [0.05, 0.1) is 0 Å². The first kappa shape index (κ1) is 24.3. The van der Waals surface area contributed by atoms with Crippen molar-refractivity contribution in [3.63, 3.8) is 0 Å². The van der Waals surface area contributed by atoms with Crippen LogP contribution in [0, 0.1) is 0 Å². The van der Waals surface area contributed by atoms with Crippen molar-refractivity contribution in [1.82, 2.24) is 10.6 Å². The van der Waals surface area contributed by atoms with Crippen LogP contribution in [-0.4, -0.2) is 51.3 Å². The van der Waals surface area contributed by atoms with Crippen LogP contribution in [0.4, 0.5) is 0 Å². The van der Waals surface area contributed by atoms with Gasteiger partial charge in [-0.25, -0.2) is 0 Å². The normalized spacial score (nSPS) is 10.4. The van der Waals surface area contributed by atoms with Crippen LogP contribution in [0.5, 0.6) is 0 Å². The number of hydrogen-bond donors (Lipinski definition) is 2. The minimum atomic E-state index is -0.0937. The molecular weight excluding hydrogens is 332 g/mol. The van der Waals surface area contributed by atoms with Crippen molar-refractivity contribution in [3.8, 4) is 0 Å². The number of rotatable bonds is 17. The number of amides is 2. The van der Waals surface area contributed by atoms with Crippen molar-refractivity contribution in [2.24, 2.45) is 0 Å². The second-order valence-electron chi connectivity index (χ2n) is 6.42. The topological polar surface area (TPSA) is 76.7 Å². The van der Waals surface area contributed by atoms with Crippen LogP contribution >= 0.6 is 0 Å². The van der Waals surface area contributed by atoms with Crippen molar-refractivity contribution in [1.29, 1.82) is 0 Å². The summed E-state index contributed by atoms with van der Waals surface area (Å²) in [6.07, 6.45) is 5.99. The van der Waals surface area contributed by atoms with E-state index in [9.17, 15) is 9.59 Å². The average molecular weight is 369 g/mol. The molecule has 2 amide bonds. The molecule has 0 atom stereocenters. The Morgan fingerprint density at radius 2 is 1.00 bits per heavy atom. The molecule has 0 bridgehead atoms. The van der Waals surface area contributed by atoms with Gasteiger partial charge in [-0.15, -0.1) is 0 Å². The van der Waals surface area contributed by atoms with Gasteiger partial charge in [0.2, 0.25) is 11.8 Å². The molecule has 0 saturated carbocycles. The van der Waals surface area contributed by atoms with Crippen LogP contribution in [0.3, 0.4) is 0 Å². The van der Waals surface area contributed by atoms with E-state index in [2.05, 4.69) is 23.8 Å². The summed E-state index contributed by atoms with van der Waals surface area (Å²) in [7, 11) is 0. The molecule has 6 nitrogen and oxygen atoms in total. The molecule has 0 aromatic rings. The Morgan fingerprint density at radius 3 is 1.35 bits per heavy atom. The fraction of sp³-hybridized carbons (Fsp3) is 0.700. The standard InChI is InChI=1S/C20H36N2O4/c1-17(2)19(23)21-11-9-15-25-13-7-5-6-8-14-26-16-10-12-22-20(24)18(3)4/h1,3,5-16H2,2,4H3,(H,21,23)(H,22,24). The number of unbranched alkanes of at least 4 members (excludes halogenated alkanes) is 3. The molecule has 0 aliphatic heterocycles. The third-order valence-corrected chi connectivity index (χ3v) is 3.60. The van der Waals surface area contributed by atoms with E-state index in [1.165, 1.54) is 0 Å². The highest BCUT2D eigenvalue weighted by Crippen LogP contribution is 2.01. The van der Waals surface area contributed by atoms with Crippen LogP contribution in [0.25, 0.3) is 0 Å². The zero-order valence-electron chi connectivity index (χ0n) is 16.5. The second-order valence-corrected chi connectivity index (χ2v) is 6.42. The lowest BCUT2D eigenvalue weighted by atomic mass is 10.2. The van der Waals surface area contributed by atoms with E-state index in [1.807, 2.05) is 0 Å². The molecule has 2 N–H and O–H groups in total. The van der Waals surface area contributed by atoms with Crippen molar-refractivity contribution in [3.05, 3.63) is 24.3 Å². The summed E-state index contributed by atoms with van der Waals surface area (Å²) in [4.78, 5) is 22.5. The molecular formula is C20H36N2O4. The minimum Gasteiger partial charge on any atom is -0.381 e. The van der Waals surface area contributed by atoms with Gasteiger partial charge in [0.1, 0.15) is 0 Å². The molecule has 0 unspecified atom stereocenters. The first-order chi connectivity index (χ1) is 12.4. The highest BCUT2D eigenvalue weighted by atomic mass is 16.5. The summed E-state index contributed by atoms with van der Waals surface area (Å²) in [5.74, 6) is -0.187. The molecule has 0 radical (unpaired) electrons. The van der Waals surface area contributed by atoms with E-state index in [4.69, 9.17) is 9.47 Å². The fourth-order valence-electron chi connectivity index (χ4n) is 2.02. The van der Waals surface area contributed by atoms with Crippen LogP contribution in [0.1, 0.15) is 52.4 Å². The lowest BCUT2D eigenvalue weighted by Gasteiger charge is -2.07. The maximum absolute atomic E-state index is 11.2. The van der Waals surface area contributed by atoms with Crippen molar-refractivity contribution >= 4 is 11.8 Å². The van der Waals surface area contributed by atoms with Crippen molar-refractivity contribution in [2.45, 2.75) is 52.4 Å². The van der Waals surface area contributed by atoms with Crippen LogP contribution in [-0.2, 0) is 19.1 Å². The van der Waals surface area contributed by atoms with Gasteiger partial charge in [-0.05, 0) is 39.5 Å². The van der Waals surface area contributed by atoms with Crippen LogP contribution in [0.15, 0.2) is 24.3 Å². The lowest BCUT2D eigenvalue weighted by Crippen LogP contribution is -2.25. The minimum absolute atomic E-state index is 0.0937. The van der Waals surface area contributed by atoms with Gasteiger partial charge in [-0.2, -0.15) is 0 Å². The smallest absolute Gasteiger partial charge is 0.246 e. The molecule has 6 heteroatoms. The summed E-state index contributed by atoms with van der Waals surface area (Å²) in [6, 6.07) is 0. The van der Waals surface area contributed by atoms with Crippen molar-refractivity contribution in [2.75, 3.05) is 39.5 Å². The van der Waals surface area contributed by atoms with Gasteiger partial charge in [-0.1, -0.05) is 26.0 Å². The van der Waals surface area contributed by atoms with Gasteiger partial charge in [0.25, 0.3) is 0 Å². The quantitative estimate of drug-likeness (QED) is 0.306. The molecule has 26 heavy (non-hydrogen) atoms. The summed E-state index contributed by atoms with van der Waals surface area (Å²) in [5, 5.41) is 5.56. The lowest BCUT2D eigenvalue weighted by molar-refractivity contribution is -0.118. The Morgan fingerprint density at radius 1 is 0.654 bits per heavy atom. The molecule has 0 fully saturated rings. The summed E-state index contributed by atoms with van der Waals surface area (Å²) in [5.41, 5.74) is 1.06. The third kappa shape index (κ3) is 15.8. The SMILES string of the molecule is C=C(C)C(=O)NCCCOCCCCCCOCCCNC(=O)C(=C)C. The third-order valence-electron chi connectivity index (χ3n) is 3.60. The van der Waals surface area contributed by atoms with Crippen LogP contribution in [0.2, 0.25) is 0 Å². The van der Waals surface area contributed by atoms with Gasteiger partial charge >= 0.3 is 0 Å². The molecule has 0 aliphatic rings. The Hall–Kier alpha value is -1.66. The van der Waals surface area contributed by atoms with Crippen molar-refractivity contribution < 1.29 is 19.1 Å².